The number of anilines is 1. The van der Waals surface area contributed by atoms with Crippen LogP contribution in [0.4, 0.5) is 18.9 Å². The highest BCUT2D eigenvalue weighted by Gasteiger charge is 2.31. The van der Waals surface area contributed by atoms with Crippen LogP contribution in [0.15, 0.2) is 30.5 Å². The fourth-order valence-corrected chi connectivity index (χ4v) is 2.46. The maximum Gasteiger partial charge on any atom is 0.416 e. The van der Waals surface area contributed by atoms with E-state index in [0.717, 1.165) is 12.1 Å². The number of halogens is 4. The normalized spacial score (nSPS) is 12.6. The third kappa shape index (κ3) is 4.45. The first-order valence-corrected chi connectivity index (χ1v) is 8.51. The highest BCUT2D eigenvalue weighted by Crippen LogP contribution is 2.33. The molecule has 12 heteroatoms. The van der Waals surface area contributed by atoms with E-state index >= 15 is 0 Å². The first kappa shape index (κ1) is 20.5. The maximum atomic E-state index is 12.8. The molecule has 1 unspecified atom stereocenters. The van der Waals surface area contributed by atoms with Crippen LogP contribution < -0.4 is 5.32 Å². The van der Waals surface area contributed by atoms with Crippen molar-refractivity contribution in [2.45, 2.75) is 26.1 Å². The number of amides is 1. The van der Waals surface area contributed by atoms with Crippen molar-refractivity contribution in [2.24, 2.45) is 0 Å². The number of aromatic nitrogens is 4. The predicted molar refractivity (Wildman–Crippen MR) is 95.5 cm³/mol. The zero-order valence-corrected chi connectivity index (χ0v) is 15.7. The molecule has 1 aromatic carbocycles. The number of carbonyl (C=O) groups is 2. The minimum atomic E-state index is -4.61. The first-order chi connectivity index (χ1) is 13.6. The zero-order valence-electron chi connectivity index (χ0n) is 15.0. The van der Waals surface area contributed by atoms with Gasteiger partial charge in [0.25, 0.3) is 17.5 Å². The van der Waals surface area contributed by atoms with Gasteiger partial charge in [-0.2, -0.15) is 18.2 Å². The summed E-state index contributed by atoms with van der Waals surface area (Å²) >= 11 is 5.84. The van der Waals surface area contributed by atoms with E-state index < -0.39 is 29.7 Å². The summed E-state index contributed by atoms with van der Waals surface area (Å²) in [7, 11) is 0. The van der Waals surface area contributed by atoms with Crippen LogP contribution in [0.5, 0.6) is 0 Å². The summed E-state index contributed by atoms with van der Waals surface area (Å²) in [5, 5.41) is 6.06. The molecule has 0 fully saturated rings. The molecule has 1 atom stereocenters. The average molecular weight is 428 g/mol. The standard InChI is InChI=1S/C17H13ClF3N5O3/c1-8-5-6-22-16-24-13(25-26(8)16)15(28)29-9(2)14(27)23-12-7-10(17(19,20)21)3-4-11(12)18/h3-7,9H,1-2H3,(H,23,27). The van der Waals surface area contributed by atoms with Crippen molar-refractivity contribution in [1.82, 2.24) is 19.6 Å². The Morgan fingerprint density at radius 1 is 1.28 bits per heavy atom. The fraction of sp³-hybridized carbons (Fsp3) is 0.235. The van der Waals surface area contributed by atoms with Crippen molar-refractivity contribution >= 4 is 34.9 Å². The molecule has 0 radical (unpaired) electrons. The number of nitrogens with zero attached hydrogens (tertiary/aromatic N) is 4. The number of fused-ring (bicyclic) bond motifs is 1. The summed E-state index contributed by atoms with van der Waals surface area (Å²) in [5.74, 6) is -2.02. The van der Waals surface area contributed by atoms with Crippen LogP contribution in [0.3, 0.4) is 0 Å². The smallest absolute Gasteiger partial charge is 0.416 e. The van der Waals surface area contributed by atoms with Crippen LogP contribution >= 0.6 is 11.6 Å². The summed E-state index contributed by atoms with van der Waals surface area (Å²) in [6.07, 6.45) is -4.47. The second kappa shape index (κ2) is 7.66. The van der Waals surface area contributed by atoms with Crippen molar-refractivity contribution in [1.29, 1.82) is 0 Å². The minimum absolute atomic E-state index is 0.103. The Morgan fingerprint density at radius 3 is 2.66 bits per heavy atom. The van der Waals surface area contributed by atoms with Gasteiger partial charge in [0.05, 0.1) is 16.3 Å². The molecule has 0 aliphatic rings. The van der Waals surface area contributed by atoms with E-state index in [0.29, 0.717) is 11.8 Å². The molecule has 0 saturated heterocycles. The Bertz CT molecular complexity index is 1100. The summed E-state index contributed by atoms with van der Waals surface area (Å²) in [6.45, 7) is 2.97. The number of esters is 1. The molecule has 152 valence electrons. The molecular formula is C17H13ClF3N5O3. The highest BCUT2D eigenvalue weighted by molar-refractivity contribution is 6.33. The van der Waals surface area contributed by atoms with Crippen LogP contribution in [0, 0.1) is 6.92 Å². The summed E-state index contributed by atoms with van der Waals surface area (Å²) < 4.78 is 44.8. The van der Waals surface area contributed by atoms with Crippen LogP contribution in [-0.4, -0.2) is 37.6 Å². The average Bonchev–Trinajstić information content (AvgIpc) is 3.08. The predicted octanol–water partition coefficient (Wildman–Crippen LogP) is 3.29. The number of carbonyl (C=O) groups excluding carboxylic acids is 2. The fourth-order valence-electron chi connectivity index (χ4n) is 2.29. The maximum absolute atomic E-state index is 12.8. The van der Waals surface area contributed by atoms with Crippen LogP contribution in [0.25, 0.3) is 5.78 Å². The van der Waals surface area contributed by atoms with Gasteiger partial charge in [-0.25, -0.2) is 14.3 Å². The lowest BCUT2D eigenvalue weighted by Crippen LogP contribution is -2.30. The number of alkyl halides is 3. The van der Waals surface area contributed by atoms with E-state index in [9.17, 15) is 22.8 Å². The van der Waals surface area contributed by atoms with Crippen LogP contribution in [0.2, 0.25) is 5.02 Å². The van der Waals surface area contributed by atoms with Crippen LogP contribution in [0.1, 0.15) is 28.8 Å². The zero-order chi connectivity index (χ0) is 21.3. The molecule has 0 bridgehead atoms. The van der Waals surface area contributed by atoms with Crippen molar-refractivity contribution in [3.63, 3.8) is 0 Å². The molecule has 2 aromatic heterocycles. The van der Waals surface area contributed by atoms with Gasteiger partial charge < -0.3 is 10.1 Å². The number of aryl methyl sites for hydroxylation is 1. The third-order valence-corrected chi connectivity index (χ3v) is 4.15. The van der Waals surface area contributed by atoms with Crippen molar-refractivity contribution in [3.8, 4) is 0 Å². The minimum Gasteiger partial charge on any atom is -0.447 e. The lowest BCUT2D eigenvalue weighted by Gasteiger charge is -2.15. The van der Waals surface area contributed by atoms with E-state index in [4.69, 9.17) is 16.3 Å². The second-order valence-electron chi connectivity index (χ2n) is 5.96. The van der Waals surface area contributed by atoms with Gasteiger partial charge in [-0.1, -0.05) is 11.6 Å². The summed E-state index contributed by atoms with van der Waals surface area (Å²) in [6, 6.07) is 4.14. The van der Waals surface area contributed by atoms with Crippen molar-refractivity contribution < 1.29 is 27.5 Å². The molecule has 0 spiro atoms. The Kier molecular flexibility index (Phi) is 5.42. The molecule has 29 heavy (non-hydrogen) atoms. The number of nitrogens with one attached hydrogen (secondary N) is 1. The number of hydrogen-bond acceptors (Lipinski definition) is 6. The van der Waals surface area contributed by atoms with Gasteiger partial charge in [0.15, 0.2) is 6.10 Å². The molecular weight excluding hydrogens is 415 g/mol. The lowest BCUT2D eigenvalue weighted by molar-refractivity contribution is -0.137. The Balaban J connectivity index is 1.72. The van der Waals surface area contributed by atoms with Gasteiger partial charge in [-0.15, -0.1) is 5.10 Å². The molecule has 2 heterocycles. The molecule has 1 amide bonds. The third-order valence-electron chi connectivity index (χ3n) is 3.82. The Morgan fingerprint density at radius 2 is 2.00 bits per heavy atom. The number of ether oxygens (including phenoxy) is 1. The largest absolute Gasteiger partial charge is 0.447 e. The van der Waals surface area contributed by atoms with Gasteiger partial charge in [-0.05, 0) is 38.1 Å². The van der Waals surface area contributed by atoms with Gasteiger partial charge in [0.2, 0.25) is 0 Å². The van der Waals surface area contributed by atoms with Gasteiger partial charge in [-0.3, -0.25) is 4.79 Å². The van der Waals surface area contributed by atoms with E-state index in [1.165, 1.54) is 17.6 Å². The Hall–Kier alpha value is -3.21. The van der Waals surface area contributed by atoms with E-state index in [1.54, 1.807) is 13.0 Å². The van der Waals surface area contributed by atoms with Gasteiger partial charge in [0, 0.05) is 11.9 Å². The number of hydrogen-bond donors (Lipinski definition) is 1. The lowest BCUT2D eigenvalue weighted by atomic mass is 10.2. The molecule has 1 N–H and O–H groups in total. The molecule has 3 aromatic rings. The van der Waals surface area contributed by atoms with Crippen LogP contribution in [-0.2, 0) is 15.7 Å². The molecule has 3 rings (SSSR count). The number of benzene rings is 1. The summed E-state index contributed by atoms with van der Waals surface area (Å²) in [4.78, 5) is 32.3. The Labute approximate surface area is 166 Å². The van der Waals surface area contributed by atoms with E-state index in [-0.39, 0.29) is 22.3 Å². The second-order valence-corrected chi connectivity index (χ2v) is 6.37. The van der Waals surface area contributed by atoms with Gasteiger partial charge in [0.1, 0.15) is 0 Å². The SMILES string of the molecule is Cc1ccnc2nc(C(=O)OC(C)C(=O)Nc3cc(C(F)(F)F)ccc3Cl)nn12. The monoisotopic (exact) mass is 427 g/mol. The first-order valence-electron chi connectivity index (χ1n) is 8.13. The molecule has 0 aliphatic heterocycles. The topological polar surface area (TPSA) is 98.5 Å². The molecule has 0 saturated carbocycles. The number of rotatable bonds is 4. The highest BCUT2D eigenvalue weighted by atomic mass is 35.5. The quantitative estimate of drug-likeness (QED) is 0.641. The summed E-state index contributed by atoms with van der Waals surface area (Å²) in [5.41, 5.74) is -0.579. The van der Waals surface area contributed by atoms with Crippen molar-refractivity contribution in [2.75, 3.05) is 5.32 Å². The molecule has 8 nitrogen and oxygen atoms in total. The van der Waals surface area contributed by atoms with Crippen molar-refractivity contribution in [3.05, 3.63) is 52.6 Å². The van der Waals surface area contributed by atoms with E-state index in [2.05, 4.69) is 20.4 Å². The van der Waals surface area contributed by atoms with Gasteiger partial charge >= 0.3 is 12.1 Å². The van der Waals surface area contributed by atoms with E-state index in [1.807, 2.05) is 0 Å². The molecule has 0 aliphatic carbocycles.